The molecule has 4 aromatic carbocycles. The summed E-state index contributed by atoms with van der Waals surface area (Å²) in [5, 5.41) is 2.17. The lowest BCUT2D eigenvalue weighted by molar-refractivity contribution is 0.0204. The second-order valence-corrected chi connectivity index (χ2v) is 12.4. The first kappa shape index (κ1) is 27.8. The highest BCUT2D eigenvalue weighted by atomic mass is 16.6. The molecule has 0 radical (unpaired) electrons. The van der Waals surface area contributed by atoms with Crippen LogP contribution in [0.2, 0.25) is 0 Å². The van der Waals surface area contributed by atoms with Crippen molar-refractivity contribution in [3.05, 3.63) is 107 Å². The molecule has 6 heteroatoms. The quantitative estimate of drug-likeness (QED) is 0.241. The second-order valence-electron chi connectivity index (χ2n) is 12.4. The zero-order valence-electron chi connectivity index (χ0n) is 24.9. The Labute approximate surface area is 247 Å². The molecular weight excluding hydrogens is 524 g/mol. The summed E-state index contributed by atoms with van der Waals surface area (Å²) in [4.78, 5) is 29.7. The molecule has 6 rings (SSSR count). The zero-order valence-corrected chi connectivity index (χ0v) is 24.9. The lowest BCUT2D eigenvalue weighted by atomic mass is 9.87. The number of hydrogen-bond donors (Lipinski definition) is 0. The van der Waals surface area contributed by atoms with Crippen LogP contribution in [-0.4, -0.2) is 42.7 Å². The average Bonchev–Trinajstić information content (AvgIpc) is 3.25. The van der Waals surface area contributed by atoms with Gasteiger partial charge in [0.1, 0.15) is 11.4 Å². The normalized spacial score (nSPS) is 15.4. The first-order valence-electron chi connectivity index (χ1n) is 14.8. The van der Waals surface area contributed by atoms with Crippen LogP contribution in [0.15, 0.2) is 78.9 Å². The molecule has 0 N–H and O–H groups in total. The standard InChI is InChI=1S/C36H38N2O4/c1-36(2,3)42-35(40)37-19-17-26(18-20-37)27-8-5-7-25(21-27)22-28-13-16-32-33-30(28)9-6-10-31(33)34(39)38(32)23-24-11-14-29(41-4)15-12-24/h5-16,21,26H,17-20,22-23H2,1-4H3. The molecule has 0 atom stereocenters. The van der Waals surface area contributed by atoms with Crippen molar-refractivity contribution in [3.63, 3.8) is 0 Å². The van der Waals surface area contributed by atoms with E-state index in [1.165, 1.54) is 16.7 Å². The smallest absolute Gasteiger partial charge is 0.410 e. The predicted octanol–water partition coefficient (Wildman–Crippen LogP) is 7.71. The molecule has 2 aliphatic heterocycles. The Morgan fingerprint density at radius 1 is 0.905 bits per heavy atom. The number of hydrogen-bond acceptors (Lipinski definition) is 4. The Bertz CT molecular complexity index is 1630. The molecule has 0 bridgehead atoms. The minimum atomic E-state index is -0.479. The van der Waals surface area contributed by atoms with Crippen molar-refractivity contribution in [3.8, 4) is 5.75 Å². The van der Waals surface area contributed by atoms with E-state index in [0.717, 1.165) is 52.6 Å². The van der Waals surface area contributed by atoms with Crippen LogP contribution in [-0.2, 0) is 17.7 Å². The number of nitrogens with zero attached hydrogens (tertiary/aromatic N) is 2. The van der Waals surface area contributed by atoms with Gasteiger partial charge in [0.15, 0.2) is 0 Å². The summed E-state index contributed by atoms with van der Waals surface area (Å²) in [6.07, 6.45) is 2.42. The highest BCUT2D eigenvalue weighted by Crippen LogP contribution is 2.40. The summed E-state index contributed by atoms with van der Waals surface area (Å²) in [5.74, 6) is 1.26. The van der Waals surface area contributed by atoms with Gasteiger partial charge in [-0.1, -0.05) is 54.6 Å². The third kappa shape index (κ3) is 5.58. The molecule has 4 aromatic rings. The Morgan fingerprint density at radius 2 is 1.64 bits per heavy atom. The highest BCUT2D eigenvalue weighted by molar-refractivity contribution is 6.25. The van der Waals surface area contributed by atoms with E-state index >= 15 is 0 Å². The molecular formula is C36H38N2O4. The Kier molecular flexibility index (Phi) is 7.40. The van der Waals surface area contributed by atoms with Crippen LogP contribution in [0.25, 0.3) is 10.8 Å². The summed E-state index contributed by atoms with van der Waals surface area (Å²) < 4.78 is 10.9. The topological polar surface area (TPSA) is 59.1 Å². The van der Waals surface area contributed by atoms with Gasteiger partial charge >= 0.3 is 6.09 Å². The number of anilines is 1. The average molecular weight is 563 g/mol. The van der Waals surface area contributed by atoms with Crippen molar-refractivity contribution >= 4 is 28.5 Å². The van der Waals surface area contributed by atoms with Gasteiger partial charge in [0.05, 0.1) is 19.3 Å². The van der Waals surface area contributed by atoms with Crippen LogP contribution in [0.4, 0.5) is 10.5 Å². The summed E-state index contributed by atoms with van der Waals surface area (Å²) in [6.45, 7) is 7.64. The van der Waals surface area contributed by atoms with Crippen LogP contribution in [0, 0.1) is 0 Å². The number of ether oxygens (including phenoxy) is 2. The molecule has 42 heavy (non-hydrogen) atoms. The fourth-order valence-corrected chi connectivity index (χ4v) is 6.23. The van der Waals surface area contributed by atoms with Crippen molar-refractivity contribution in [2.45, 2.75) is 58.1 Å². The maximum Gasteiger partial charge on any atom is 0.410 e. The van der Waals surface area contributed by atoms with Gasteiger partial charge in [-0.05, 0) is 97.9 Å². The van der Waals surface area contributed by atoms with Gasteiger partial charge in [-0.3, -0.25) is 4.79 Å². The fraction of sp³-hybridized carbons (Fsp3) is 0.333. The summed E-state index contributed by atoms with van der Waals surface area (Å²) >= 11 is 0. The van der Waals surface area contributed by atoms with Crippen LogP contribution >= 0.6 is 0 Å². The maximum absolute atomic E-state index is 13.5. The molecule has 216 valence electrons. The van der Waals surface area contributed by atoms with E-state index in [1.54, 1.807) is 7.11 Å². The summed E-state index contributed by atoms with van der Waals surface area (Å²) in [7, 11) is 1.65. The molecule has 2 amide bonds. The van der Waals surface area contributed by atoms with Crippen LogP contribution in [0.1, 0.15) is 72.1 Å². The van der Waals surface area contributed by atoms with Gasteiger partial charge < -0.3 is 19.3 Å². The van der Waals surface area contributed by atoms with Crippen LogP contribution < -0.4 is 9.64 Å². The van der Waals surface area contributed by atoms with Crippen LogP contribution in [0.3, 0.4) is 0 Å². The lowest BCUT2D eigenvalue weighted by Gasteiger charge is -2.33. The Balaban J connectivity index is 1.19. The second kappa shape index (κ2) is 11.2. The molecule has 1 fully saturated rings. The molecule has 2 heterocycles. The predicted molar refractivity (Wildman–Crippen MR) is 166 cm³/mol. The first-order valence-corrected chi connectivity index (χ1v) is 14.8. The molecule has 0 spiro atoms. The van der Waals surface area contributed by atoms with Gasteiger partial charge in [0.25, 0.3) is 5.91 Å². The van der Waals surface area contributed by atoms with E-state index in [2.05, 4.69) is 42.5 Å². The molecule has 1 saturated heterocycles. The third-order valence-electron chi connectivity index (χ3n) is 8.34. The van der Waals surface area contributed by atoms with Crippen molar-refractivity contribution in [1.82, 2.24) is 4.90 Å². The summed E-state index contributed by atoms with van der Waals surface area (Å²) in [5.41, 5.74) is 6.10. The van der Waals surface area contributed by atoms with Gasteiger partial charge in [-0.2, -0.15) is 0 Å². The number of carbonyl (C=O) groups excluding carboxylic acids is 2. The lowest BCUT2D eigenvalue weighted by Crippen LogP contribution is -2.41. The molecule has 6 nitrogen and oxygen atoms in total. The molecule has 0 aromatic heterocycles. The monoisotopic (exact) mass is 562 g/mol. The molecule has 2 aliphatic rings. The number of amides is 2. The number of rotatable bonds is 6. The minimum Gasteiger partial charge on any atom is -0.497 e. The minimum absolute atomic E-state index is 0.0447. The summed E-state index contributed by atoms with van der Waals surface area (Å²) in [6, 6.07) is 27.1. The van der Waals surface area contributed by atoms with Gasteiger partial charge in [0.2, 0.25) is 0 Å². The van der Waals surface area contributed by atoms with E-state index in [0.29, 0.717) is 25.6 Å². The van der Waals surface area contributed by atoms with Gasteiger partial charge in [-0.15, -0.1) is 0 Å². The van der Waals surface area contributed by atoms with Crippen molar-refractivity contribution in [2.24, 2.45) is 0 Å². The molecule has 0 aliphatic carbocycles. The molecule has 0 unspecified atom stereocenters. The number of likely N-dealkylation sites (tertiary alicyclic amines) is 1. The van der Waals surface area contributed by atoms with Crippen LogP contribution in [0.5, 0.6) is 5.75 Å². The number of methoxy groups -OCH3 is 1. The Morgan fingerprint density at radius 3 is 2.36 bits per heavy atom. The van der Waals surface area contributed by atoms with Crippen molar-refractivity contribution < 1.29 is 19.1 Å². The molecule has 0 saturated carbocycles. The van der Waals surface area contributed by atoms with E-state index in [1.807, 2.05) is 67.0 Å². The fourth-order valence-electron chi connectivity index (χ4n) is 6.23. The van der Waals surface area contributed by atoms with E-state index in [4.69, 9.17) is 9.47 Å². The van der Waals surface area contributed by atoms with E-state index in [-0.39, 0.29) is 12.0 Å². The number of carbonyl (C=O) groups is 2. The van der Waals surface area contributed by atoms with E-state index < -0.39 is 5.60 Å². The first-order chi connectivity index (χ1) is 20.2. The number of benzene rings is 4. The SMILES string of the molecule is COc1ccc(CN2C(=O)c3cccc4c(Cc5cccc(C6CCN(C(=O)OC(C)(C)C)CC6)c5)ccc2c34)cc1. The van der Waals surface area contributed by atoms with Crippen molar-refractivity contribution in [1.29, 1.82) is 0 Å². The Hall–Kier alpha value is -4.32. The maximum atomic E-state index is 13.5. The largest absolute Gasteiger partial charge is 0.497 e. The van der Waals surface area contributed by atoms with Crippen molar-refractivity contribution in [2.75, 3.05) is 25.1 Å². The highest BCUT2D eigenvalue weighted by Gasteiger charge is 2.31. The van der Waals surface area contributed by atoms with Gasteiger partial charge in [0, 0.05) is 24.0 Å². The third-order valence-corrected chi connectivity index (χ3v) is 8.34. The van der Waals surface area contributed by atoms with E-state index in [9.17, 15) is 9.59 Å². The number of piperidine rings is 1. The zero-order chi connectivity index (χ0) is 29.4. The van der Waals surface area contributed by atoms with Gasteiger partial charge in [-0.25, -0.2) is 4.79 Å².